The van der Waals surface area contributed by atoms with E-state index in [-0.39, 0.29) is 0 Å². The van der Waals surface area contributed by atoms with Crippen LogP contribution in [0.2, 0.25) is 0 Å². The highest BCUT2D eigenvalue weighted by Crippen LogP contribution is 2.24. The maximum absolute atomic E-state index is 5.53. The van der Waals surface area contributed by atoms with Crippen LogP contribution in [-0.4, -0.2) is 6.61 Å². The van der Waals surface area contributed by atoms with Crippen LogP contribution in [0.3, 0.4) is 0 Å². The topological polar surface area (TPSA) is 9.23 Å². The Morgan fingerprint density at radius 2 is 2.14 bits per heavy atom. The molecule has 0 aliphatic carbocycles. The third-order valence-corrected chi connectivity index (χ3v) is 2.02. The van der Waals surface area contributed by atoms with Gasteiger partial charge in [0, 0.05) is 5.39 Å². The first-order valence-corrected chi connectivity index (χ1v) is 4.55. The molecule has 0 saturated carbocycles. The van der Waals surface area contributed by atoms with Gasteiger partial charge in [0.15, 0.2) is 0 Å². The van der Waals surface area contributed by atoms with E-state index in [0.29, 0.717) is 6.61 Å². The first-order valence-electron chi connectivity index (χ1n) is 4.55. The zero-order valence-corrected chi connectivity index (χ0v) is 7.86. The molecule has 2 rings (SSSR count). The fraction of sp³-hybridized carbons (Fsp3) is 0.0769. The summed E-state index contributed by atoms with van der Waals surface area (Å²) in [5, 5.41) is 2.17. The summed E-state index contributed by atoms with van der Waals surface area (Å²) in [7, 11) is 0. The SMILES string of the molecule is C=CCOc1cc[c]c2ccccc12. The Kier molecular flexibility index (Phi) is 2.50. The second-order valence-corrected chi connectivity index (χ2v) is 2.99. The number of benzene rings is 2. The molecule has 0 saturated heterocycles. The molecule has 1 radical (unpaired) electrons. The number of hydrogen-bond donors (Lipinski definition) is 0. The average molecular weight is 183 g/mol. The van der Waals surface area contributed by atoms with Gasteiger partial charge in [0.2, 0.25) is 0 Å². The van der Waals surface area contributed by atoms with E-state index in [0.717, 1.165) is 16.5 Å². The molecule has 14 heavy (non-hydrogen) atoms. The largest absolute Gasteiger partial charge is 0.489 e. The highest BCUT2D eigenvalue weighted by atomic mass is 16.5. The van der Waals surface area contributed by atoms with Crippen LogP contribution in [0.15, 0.2) is 49.1 Å². The Morgan fingerprint density at radius 3 is 3.00 bits per heavy atom. The summed E-state index contributed by atoms with van der Waals surface area (Å²) in [6.07, 6.45) is 1.74. The molecule has 0 fully saturated rings. The Hall–Kier alpha value is -1.76. The molecular formula is C13H11O. The summed E-state index contributed by atoms with van der Waals surface area (Å²) in [5.74, 6) is 0.888. The van der Waals surface area contributed by atoms with Crippen molar-refractivity contribution < 1.29 is 4.74 Å². The molecule has 1 heteroatoms. The number of hydrogen-bond acceptors (Lipinski definition) is 1. The van der Waals surface area contributed by atoms with Crippen molar-refractivity contribution in [1.82, 2.24) is 0 Å². The minimum atomic E-state index is 0.536. The molecule has 0 heterocycles. The summed E-state index contributed by atoms with van der Waals surface area (Å²) in [6, 6.07) is 15.0. The number of rotatable bonds is 3. The van der Waals surface area contributed by atoms with Gasteiger partial charge >= 0.3 is 0 Å². The van der Waals surface area contributed by atoms with E-state index in [4.69, 9.17) is 4.74 Å². The van der Waals surface area contributed by atoms with Gasteiger partial charge < -0.3 is 4.74 Å². The Balaban J connectivity index is 2.48. The van der Waals surface area contributed by atoms with Crippen molar-refractivity contribution in [2.75, 3.05) is 6.61 Å². The van der Waals surface area contributed by atoms with Gasteiger partial charge in [0.25, 0.3) is 0 Å². The lowest BCUT2D eigenvalue weighted by Crippen LogP contribution is -1.93. The van der Waals surface area contributed by atoms with Crippen LogP contribution in [0.4, 0.5) is 0 Å². The van der Waals surface area contributed by atoms with Gasteiger partial charge in [0.1, 0.15) is 12.4 Å². The van der Waals surface area contributed by atoms with Crippen molar-refractivity contribution in [2.45, 2.75) is 0 Å². The third-order valence-electron chi connectivity index (χ3n) is 2.02. The van der Waals surface area contributed by atoms with Crippen LogP contribution in [0.25, 0.3) is 10.8 Å². The van der Waals surface area contributed by atoms with Crippen molar-refractivity contribution in [3.05, 3.63) is 55.1 Å². The van der Waals surface area contributed by atoms with Crippen LogP contribution < -0.4 is 4.74 Å². The van der Waals surface area contributed by atoms with Crippen LogP contribution in [0, 0.1) is 6.07 Å². The predicted molar refractivity (Wildman–Crippen MR) is 58.5 cm³/mol. The fourth-order valence-corrected chi connectivity index (χ4v) is 1.40. The molecule has 0 spiro atoms. The van der Waals surface area contributed by atoms with Crippen molar-refractivity contribution in [1.29, 1.82) is 0 Å². The minimum absolute atomic E-state index is 0.536. The van der Waals surface area contributed by atoms with Gasteiger partial charge in [-0.15, -0.1) is 0 Å². The van der Waals surface area contributed by atoms with E-state index >= 15 is 0 Å². The number of ether oxygens (including phenoxy) is 1. The van der Waals surface area contributed by atoms with E-state index in [9.17, 15) is 0 Å². The molecule has 0 N–H and O–H groups in total. The quantitative estimate of drug-likeness (QED) is 0.664. The van der Waals surface area contributed by atoms with Crippen LogP contribution >= 0.6 is 0 Å². The van der Waals surface area contributed by atoms with Gasteiger partial charge in [-0.05, 0) is 17.5 Å². The molecule has 0 aliphatic rings. The lowest BCUT2D eigenvalue weighted by atomic mass is 10.1. The van der Waals surface area contributed by atoms with Crippen LogP contribution in [0.5, 0.6) is 5.75 Å². The minimum Gasteiger partial charge on any atom is -0.489 e. The molecule has 0 bridgehead atoms. The van der Waals surface area contributed by atoms with Gasteiger partial charge in [-0.1, -0.05) is 43.0 Å². The maximum Gasteiger partial charge on any atom is 0.127 e. The summed E-state index contributed by atoms with van der Waals surface area (Å²) in [4.78, 5) is 0. The molecule has 0 atom stereocenters. The number of fused-ring (bicyclic) bond motifs is 1. The Labute approximate surface area is 83.6 Å². The summed E-state index contributed by atoms with van der Waals surface area (Å²) in [5.41, 5.74) is 0. The van der Waals surface area contributed by atoms with E-state index in [2.05, 4.69) is 12.6 Å². The Morgan fingerprint density at radius 1 is 1.29 bits per heavy atom. The zero-order chi connectivity index (χ0) is 9.80. The van der Waals surface area contributed by atoms with E-state index in [1.54, 1.807) is 6.08 Å². The second-order valence-electron chi connectivity index (χ2n) is 2.99. The smallest absolute Gasteiger partial charge is 0.127 e. The predicted octanol–water partition coefficient (Wildman–Crippen LogP) is 3.20. The molecular weight excluding hydrogens is 172 g/mol. The summed E-state index contributed by atoms with van der Waals surface area (Å²) in [6.45, 7) is 4.16. The van der Waals surface area contributed by atoms with Crippen LogP contribution in [0.1, 0.15) is 0 Å². The molecule has 1 nitrogen and oxygen atoms in total. The van der Waals surface area contributed by atoms with Gasteiger partial charge in [0.05, 0.1) is 0 Å². The van der Waals surface area contributed by atoms with E-state index in [1.165, 1.54) is 0 Å². The van der Waals surface area contributed by atoms with Crippen molar-refractivity contribution in [3.8, 4) is 5.75 Å². The molecule has 69 valence electrons. The molecule has 0 aliphatic heterocycles. The standard InChI is InChI=1S/C13H11O/c1-2-10-14-13-9-5-7-11-6-3-4-8-12(11)13/h2-6,8-9H,1,10H2. The first kappa shape index (κ1) is 8.82. The first-order chi connectivity index (χ1) is 6.92. The molecule has 2 aromatic rings. The summed E-state index contributed by atoms with van der Waals surface area (Å²) < 4.78 is 5.53. The van der Waals surface area contributed by atoms with Gasteiger partial charge in [-0.3, -0.25) is 0 Å². The zero-order valence-electron chi connectivity index (χ0n) is 7.86. The van der Waals surface area contributed by atoms with Crippen LogP contribution in [-0.2, 0) is 0 Å². The van der Waals surface area contributed by atoms with Gasteiger partial charge in [-0.25, -0.2) is 0 Å². The molecule has 0 unspecified atom stereocenters. The monoisotopic (exact) mass is 183 g/mol. The fourth-order valence-electron chi connectivity index (χ4n) is 1.40. The summed E-state index contributed by atoms with van der Waals surface area (Å²) >= 11 is 0. The molecule has 0 aromatic heterocycles. The Bertz CT molecular complexity index is 440. The average Bonchev–Trinajstić information content (AvgIpc) is 2.26. The van der Waals surface area contributed by atoms with E-state index < -0.39 is 0 Å². The maximum atomic E-state index is 5.53. The lowest BCUT2D eigenvalue weighted by molar-refractivity contribution is 0.367. The highest BCUT2D eigenvalue weighted by Gasteiger charge is 1.99. The highest BCUT2D eigenvalue weighted by molar-refractivity contribution is 5.87. The molecule has 2 aromatic carbocycles. The molecule has 0 amide bonds. The van der Waals surface area contributed by atoms with Gasteiger partial charge in [-0.2, -0.15) is 0 Å². The second kappa shape index (κ2) is 3.97. The lowest BCUT2D eigenvalue weighted by Gasteiger charge is -2.06. The van der Waals surface area contributed by atoms with Crippen molar-refractivity contribution >= 4 is 10.8 Å². The van der Waals surface area contributed by atoms with Crippen molar-refractivity contribution in [3.63, 3.8) is 0 Å². The van der Waals surface area contributed by atoms with Crippen molar-refractivity contribution in [2.24, 2.45) is 0 Å². The third kappa shape index (κ3) is 1.62. The van der Waals surface area contributed by atoms with E-state index in [1.807, 2.05) is 36.4 Å². The normalized spacial score (nSPS) is 10.0.